The summed E-state index contributed by atoms with van der Waals surface area (Å²) in [4.78, 5) is 11.8. The number of hydrogen-bond donors (Lipinski definition) is 1. The molecular weight excluding hydrogens is 317 g/mol. The van der Waals surface area contributed by atoms with E-state index < -0.39 is 20.8 Å². The summed E-state index contributed by atoms with van der Waals surface area (Å²) in [5, 5.41) is 2.66. The van der Waals surface area contributed by atoms with Crippen LogP contribution in [0.4, 0.5) is 4.39 Å². The molecule has 0 aromatic heterocycles. The number of carbonyl (C=O) groups is 1. The first-order valence-electron chi connectivity index (χ1n) is 6.72. The molecule has 0 heterocycles. The number of hydrogen-bond acceptors (Lipinski definition) is 3. The molecule has 0 saturated heterocycles. The molecular formula is C14H19ClFNO3S. The van der Waals surface area contributed by atoms with Gasteiger partial charge in [-0.25, -0.2) is 12.8 Å². The molecule has 21 heavy (non-hydrogen) atoms. The van der Waals surface area contributed by atoms with Crippen molar-refractivity contribution in [2.75, 3.05) is 0 Å². The highest BCUT2D eigenvalue weighted by molar-refractivity contribution is 8.13. The number of amides is 1. The molecule has 1 amide bonds. The van der Waals surface area contributed by atoms with Gasteiger partial charge in [0.2, 0.25) is 0 Å². The smallest absolute Gasteiger partial charge is 0.261 e. The number of halogens is 2. The molecule has 1 atom stereocenters. The van der Waals surface area contributed by atoms with Gasteiger partial charge in [-0.2, -0.15) is 0 Å². The average Bonchev–Trinajstić information content (AvgIpc) is 2.37. The molecule has 0 saturated carbocycles. The van der Waals surface area contributed by atoms with Crippen LogP contribution in [0.15, 0.2) is 17.0 Å². The van der Waals surface area contributed by atoms with E-state index in [-0.39, 0.29) is 22.1 Å². The van der Waals surface area contributed by atoms with Gasteiger partial charge in [0.15, 0.2) is 0 Å². The Bertz CT molecular complexity index is 631. The topological polar surface area (TPSA) is 63.2 Å². The second-order valence-corrected chi connectivity index (χ2v) is 7.62. The largest absolute Gasteiger partial charge is 0.349 e. The molecule has 1 aromatic rings. The minimum absolute atomic E-state index is 0.0584. The molecule has 0 aliphatic rings. The molecule has 1 unspecified atom stereocenters. The minimum Gasteiger partial charge on any atom is -0.349 e. The van der Waals surface area contributed by atoms with Crippen LogP contribution in [0.25, 0.3) is 0 Å². The molecule has 0 aliphatic heterocycles. The van der Waals surface area contributed by atoms with Crippen LogP contribution in [0.2, 0.25) is 0 Å². The summed E-state index contributed by atoms with van der Waals surface area (Å²) < 4.78 is 36.7. The predicted octanol–water partition coefficient (Wildman–Crippen LogP) is 3.37. The number of aryl methyl sites for hydroxylation is 1. The lowest BCUT2D eigenvalue weighted by molar-refractivity contribution is 0.0933. The highest BCUT2D eigenvalue weighted by Gasteiger charge is 2.21. The number of unbranched alkanes of at least 4 members (excludes halogenated alkanes) is 1. The van der Waals surface area contributed by atoms with E-state index in [2.05, 4.69) is 5.32 Å². The Morgan fingerprint density at radius 1 is 1.43 bits per heavy atom. The highest BCUT2D eigenvalue weighted by Crippen LogP contribution is 2.22. The SMILES string of the molecule is CCCCC(C)NC(=O)c1cc(S(=O)(=O)Cl)cc(C)c1F. The third kappa shape index (κ3) is 4.97. The van der Waals surface area contributed by atoms with Crippen LogP contribution in [-0.2, 0) is 9.05 Å². The summed E-state index contributed by atoms with van der Waals surface area (Å²) in [5.74, 6) is -1.37. The van der Waals surface area contributed by atoms with Gasteiger partial charge in [-0.1, -0.05) is 19.8 Å². The van der Waals surface area contributed by atoms with Crippen LogP contribution < -0.4 is 5.32 Å². The molecule has 7 heteroatoms. The van der Waals surface area contributed by atoms with Gasteiger partial charge in [-0.15, -0.1) is 0 Å². The summed E-state index contributed by atoms with van der Waals surface area (Å²) in [6.07, 6.45) is 2.71. The monoisotopic (exact) mass is 335 g/mol. The standard InChI is InChI=1S/C14H19ClFNO3S/c1-4-5-6-10(3)17-14(18)12-8-11(21(15,19)20)7-9(2)13(12)16/h7-8,10H,4-6H2,1-3H3,(H,17,18). The molecule has 1 rings (SSSR count). The second kappa shape index (κ2) is 7.22. The van der Waals surface area contributed by atoms with E-state index >= 15 is 0 Å². The molecule has 4 nitrogen and oxygen atoms in total. The Morgan fingerprint density at radius 2 is 2.05 bits per heavy atom. The predicted molar refractivity (Wildman–Crippen MR) is 80.6 cm³/mol. The van der Waals surface area contributed by atoms with E-state index in [1.165, 1.54) is 6.92 Å². The molecule has 0 spiro atoms. The van der Waals surface area contributed by atoms with Crippen LogP contribution in [-0.4, -0.2) is 20.4 Å². The van der Waals surface area contributed by atoms with Crippen molar-refractivity contribution in [3.63, 3.8) is 0 Å². The van der Waals surface area contributed by atoms with E-state index in [9.17, 15) is 17.6 Å². The van der Waals surface area contributed by atoms with Crippen molar-refractivity contribution in [1.82, 2.24) is 5.32 Å². The second-order valence-electron chi connectivity index (χ2n) is 5.06. The molecule has 0 aliphatic carbocycles. The quantitative estimate of drug-likeness (QED) is 0.811. The fourth-order valence-corrected chi connectivity index (χ4v) is 2.77. The fraction of sp³-hybridized carbons (Fsp3) is 0.500. The van der Waals surface area contributed by atoms with Gasteiger partial charge >= 0.3 is 0 Å². The molecule has 1 aromatic carbocycles. The van der Waals surface area contributed by atoms with Gasteiger partial charge < -0.3 is 5.32 Å². The maximum atomic E-state index is 14.0. The van der Waals surface area contributed by atoms with Gasteiger partial charge in [-0.05, 0) is 38.0 Å². The number of benzene rings is 1. The summed E-state index contributed by atoms with van der Waals surface area (Å²) in [6, 6.07) is 1.95. The van der Waals surface area contributed by atoms with Crippen molar-refractivity contribution < 1.29 is 17.6 Å². The Hall–Kier alpha value is -1.14. The molecule has 1 N–H and O–H groups in total. The Labute approximate surface area is 129 Å². The minimum atomic E-state index is -4.02. The summed E-state index contributed by atoms with van der Waals surface area (Å²) in [5.41, 5.74) is -0.249. The molecule has 0 bridgehead atoms. The molecule has 0 fully saturated rings. The van der Waals surface area contributed by atoms with Crippen LogP contribution in [0.5, 0.6) is 0 Å². The molecule has 118 valence electrons. The van der Waals surface area contributed by atoms with Gasteiger partial charge in [0.1, 0.15) is 5.82 Å². The zero-order valence-corrected chi connectivity index (χ0v) is 13.8. The Morgan fingerprint density at radius 3 is 2.57 bits per heavy atom. The van der Waals surface area contributed by atoms with E-state index in [0.717, 1.165) is 31.4 Å². The van der Waals surface area contributed by atoms with Gasteiger partial charge in [0.25, 0.3) is 15.0 Å². The van der Waals surface area contributed by atoms with Crippen LogP contribution in [0, 0.1) is 12.7 Å². The average molecular weight is 336 g/mol. The van der Waals surface area contributed by atoms with Crippen LogP contribution in [0.1, 0.15) is 49.0 Å². The first-order valence-corrected chi connectivity index (χ1v) is 9.03. The van der Waals surface area contributed by atoms with Crippen LogP contribution >= 0.6 is 10.7 Å². The summed E-state index contributed by atoms with van der Waals surface area (Å²) in [7, 11) is 1.24. The lowest BCUT2D eigenvalue weighted by atomic mass is 10.1. The summed E-state index contributed by atoms with van der Waals surface area (Å²) in [6.45, 7) is 5.24. The maximum Gasteiger partial charge on any atom is 0.261 e. The van der Waals surface area contributed by atoms with Crippen molar-refractivity contribution in [2.24, 2.45) is 0 Å². The maximum absolute atomic E-state index is 14.0. The fourth-order valence-electron chi connectivity index (χ4n) is 1.93. The number of rotatable bonds is 6. The highest BCUT2D eigenvalue weighted by atomic mass is 35.7. The lowest BCUT2D eigenvalue weighted by Crippen LogP contribution is -2.33. The first-order chi connectivity index (χ1) is 9.66. The normalized spacial score (nSPS) is 13.0. The third-order valence-electron chi connectivity index (χ3n) is 3.12. The Balaban J connectivity index is 3.06. The van der Waals surface area contributed by atoms with Crippen molar-refractivity contribution in [2.45, 2.75) is 51.0 Å². The summed E-state index contributed by atoms with van der Waals surface area (Å²) >= 11 is 0. The van der Waals surface area contributed by atoms with Gasteiger partial charge in [-0.3, -0.25) is 4.79 Å². The number of nitrogens with one attached hydrogen (secondary N) is 1. The van der Waals surface area contributed by atoms with E-state index in [0.29, 0.717) is 0 Å². The van der Waals surface area contributed by atoms with E-state index in [4.69, 9.17) is 10.7 Å². The number of carbonyl (C=O) groups excluding carboxylic acids is 1. The van der Waals surface area contributed by atoms with Gasteiger partial charge in [0, 0.05) is 16.7 Å². The Kier molecular flexibility index (Phi) is 6.16. The first kappa shape index (κ1) is 17.9. The van der Waals surface area contributed by atoms with Gasteiger partial charge in [0.05, 0.1) is 10.5 Å². The van der Waals surface area contributed by atoms with Crippen molar-refractivity contribution in [3.05, 3.63) is 29.1 Å². The van der Waals surface area contributed by atoms with Crippen LogP contribution in [0.3, 0.4) is 0 Å². The van der Waals surface area contributed by atoms with Crippen molar-refractivity contribution in [1.29, 1.82) is 0 Å². The van der Waals surface area contributed by atoms with Crippen molar-refractivity contribution >= 4 is 25.6 Å². The van der Waals surface area contributed by atoms with Crippen molar-refractivity contribution in [3.8, 4) is 0 Å². The zero-order chi connectivity index (χ0) is 16.2. The zero-order valence-electron chi connectivity index (χ0n) is 12.2. The van der Waals surface area contributed by atoms with E-state index in [1.807, 2.05) is 13.8 Å². The third-order valence-corrected chi connectivity index (χ3v) is 4.46. The molecule has 0 radical (unpaired) electrons. The van der Waals surface area contributed by atoms with E-state index in [1.54, 1.807) is 0 Å². The lowest BCUT2D eigenvalue weighted by Gasteiger charge is -2.14.